The number of benzene rings is 2. The number of halogens is 2. The second kappa shape index (κ2) is 8.99. The zero-order chi connectivity index (χ0) is 21.8. The zero-order valence-electron chi connectivity index (χ0n) is 16.6. The molecule has 9 heteroatoms. The molecule has 0 fully saturated rings. The molecule has 1 N–H and O–H groups in total. The van der Waals surface area contributed by atoms with E-state index >= 15 is 0 Å². The van der Waals surface area contributed by atoms with Crippen LogP contribution in [0, 0.1) is 0 Å². The molecule has 0 aliphatic heterocycles. The number of rotatable bonds is 8. The summed E-state index contributed by atoms with van der Waals surface area (Å²) in [5.41, 5.74) is 0.371. The monoisotopic (exact) mass is 459 g/mol. The Balaban J connectivity index is 1.27. The third-order valence-electron chi connectivity index (χ3n) is 4.58. The van der Waals surface area contributed by atoms with Crippen LogP contribution in [0.3, 0.4) is 0 Å². The van der Waals surface area contributed by atoms with Crippen LogP contribution in [0.15, 0.2) is 59.1 Å². The van der Waals surface area contributed by atoms with Gasteiger partial charge in [-0.15, -0.1) is 0 Å². The number of nitrogens with zero attached hydrogens (tertiary/aromatic N) is 2. The summed E-state index contributed by atoms with van der Waals surface area (Å²) < 4.78 is 16.4. The van der Waals surface area contributed by atoms with Crippen LogP contribution in [0.2, 0.25) is 10.0 Å². The van der Waals surface area contributed by atoms with E-state index in [1.165, 1.54) is 0 Å². The van der Waals surface area contributed by atoms with Gasteiger partial charge in [0.25, 0.3) is 11.8 Å². The highest BCUT2D eigenvalue weighted by Crippen LogP contribution is 2.36. The van der Waals surface area contributed by atoms with Gasteiger partial charge in [-0.25, -0.2) is 0 Å². The van der Waals surface area contributed by atoms with Crippen molar-refractivity contribution >= 4 is 34.7 Å². The number of ether oxygens (including phenoxy) is 2. The molecule has 2 aromatic carbocycles. The lowest BCUT2D eigenvalue weighted by Crippen LogP contribution is -2.50. The summed E-state index contributed by atoms with van der Waals surface area (Å²) in [6.45, 7) is 2.00. The molecule has 0 bridgehead atoms. The fourth-order valence-corrected chi connectivity index (χ4v) is 3.38. The van der Waals surface area contributed by atoms with E-state index in [1.807, 2.05) is 13.0 Å². The van der Waals surface area contributed by atoms with Crippen LogP contribution in [0.4, 0.5) is 0 Å². The van der Waals surface area contributed by atoms with Crippen molar-refractivity contribution in [2.24, 2.45) is 0 Å². The average Bonchev–Trinajstić information content (AvgIpc) is 3.20. The Hall–Kier alpha value is -3.03. The summed E-state index contributed by atoms with van der Waals surface area (Å²) in [5.74, 6) is 1.86. The number of aromatic nitrogens is 2. The van der Waals surface area contributed by atoms with Gasteiger partial charge in [0.2, 0.25) is 5.82 Å². The molecule has 160 valence electrons. The lowest BCUT2D eigenvalue weighted by Gasteiger charge is -2.35. The van der Waals surface area contributed by atoms with Crippen molar-refractivity contribution < 1.29 is 18.8 Å². The fraction of sp³-hybridized carbons (Fsp3) is 0.227. The second-order valence-corrected chi connectivity index (χ2v) is 8.19. The Bertz CT molecular complexity index is 1100. The molecule has 0 radical (unpaired) electrons. The SMILES string of the molecule is CC1(NC(=O)COc2ccc(Cl)cc2)C=C(c2nc(COc3ccc(Cl)cc3)no2)C1. The van der Waals surface area contributed by atoms with Crippen molar-refractivity contribution in [2.45, 2.75) is 25.5 Å². The Kier molecular flexibility index (Phi) is 6.15. The van der Waals surface area contributed by atoms with Crippen molar-refractivity contribution in [2.75, 3.05) is 6.61 Å². The lowest BCUT2D eigenvalue weighted by atomic mass is 9.80. The molecule has 1 aliphatic rings. The van der Waals surface area contributed by atoms with Crippen LogP contribution in [0.25, 0.3) is 5.57 Å². The minimum atomic E-state index is -0.496. The predicted molar refractivity (Wildman–Crippen MR) is 116 cm³/mol. The third kappa shape index (κ3) is 5.57. The average molecular weight is 460 g/mol. The van der Waals surface area contributed by atoms with Crippen molar-refractivity contribution in [3.8, 4) is 11.5 Å². The molecule has 0 spiro atoms. The van der Waals surface area contributed by atoms with E-state index in [1.54, 1.807) is 48.5 Å². The molecular weight excluding hydrogens is 441 g/mol. The molecule has 1 aliphatic carbocycles. The maximum Gasteiger partial charge on any atom is 0.258 e. The van der Waals surface area contributed by atoms with Gasteiger partial charge < -0.3 is 19.3 Å². The van der Waals surface area contributed by atoms with Gasteiger partial charge >= 0.3 is 0 Å². The second-order valence-electron chi connectivity index (χ2n) is 7.31. The third-order valence-corrected chi connectivity index (χ3v) is 5.09. The lowest BCUT2D eigenvalue weighted by molar-refractivity contribution is -0.124. The normalized spacial score (nSPS) is 17.5. The largest absolute Gasteiger partial charge is 0.485 e. The molecule has 1 heterocycles. The number of nitrogens with one attached hydrogen (secondary N) is 1. The van der Waals surface area contributed by atoms with Crippen molar-refractivity contribution in [1.29, 1.82) is 0 Å². The van der Waals surface area contributed by atoms with Gasteiger partial charge in [0.05, 0.1) is 5.54 Å². The van der Waals surface area contributed by atoms with E-state index in [2.05, 4.69) is 15.5 Å². The molecular formula is C22H19Cl2N3O4. The summed E-state index contributed by atoms with van der Waals surface area (Å²) in [5, 5.41) is 8.12. The van der Waals surface area contributed by atoms with E-state index in [4.69, 9.17) is 37.2 Å². The molecule has 1 aromatic heterocycles. The molecule has 31 heavy (non-hydrogen) atoms. The first kappa shape index (κ1) is 21.2. The van der Waals surface area contributed by atoms with Crippen LogP contribution < -0.4 is 14.8 Å². The predicted octanol–water partition coefficient (Wildman–Crippen LogP) is 4.70. The topological polar surface area (TPSA) is 86.5 Å². The van der Waals surface area contributed by atoms with E-state index < -0.39 is 5.54 Å². The Morgan fingerprint density at radius 2 is 1.65 bits per heavy atom. The molecule has 4 rings (SSSR count). The van der Waals surface area contributed by atoms with Gasteiger partial charge in [-0.3, -0.25) is 4.79 Å². The zero-order valence-corrected chi connectivity index (χ0v) is 18.1. The van der Waals surface area contributed by atoms with Gasteiger partial charge in [-0.1, -0.05) is 34.4 Å². The van der Waals surface area contributed by atoms with Gasteiger partial charge in [0.1, 0.15) is 11.5 Å². The van der Waals surface area contributed by atoms with Gasteiger partial charge in [-0.05, 0) is 55.5 Å². The number of hydrogen-bond donors (Lipinski definition) is 1. The van der Waals surface area contributed by atoms with Crippen molar-refractivity contribution in [3.05, 3.63) is 76.4 Å². The first-order valence-corrected chi connectivity index (χ1v) is 10.3. The highest BCUT2D eigenvalue weighted by molar-refractivity contribution is 6.30. The van der Waals surface area contributed by atoms with Crippen LogP contribution >= 0.6 is 23.2 Å². The van der Waals surface area contributed by atoms with Crippen LogP contribution in [-0.2, 0) is 11.4 Å². The van der Waals surface area contributed by atoms with E-state index in [0.717, 1.165) is 5.57 Å². The molecule has 0 saturated heterocycles. The molecule has 1 unspecified atom stereocenters. The minimum absolute atomic E-state index is 0.0901. The Morgan fingerprint density at radius 3 is 2.26 bits per heavy atom. The molecule has 7 nitrogen and oxygen atoms in total. The molecule has 3 aromatic rings. The first-order chi connectivity index (χ1) is 14.9. The Labute approximate surface area is 188 Å². The highest BCUT2D eigenvalue weighted by Gasteiger charge is 2.36. The summed E-state index contributed by atoms with van der Waals surface area (Å²) in [7, 11) is 0. The van der Waals surface area contributed by atoms with Crippen LogP contribution in [0.5, 0.6) is 11.5 Å². The summed E-state index contributed by atoms with van der Waals surface area (Å²) in [6.07, 6.45) is 2.46. The standard InChI is InChI=1S/C22H19Cl2N3O4/c1-22(26-20(28)13-30-18-8-4-16(24)5-9-18)10-14(11-22)21-25-19(27-31-21)12-29-17-6-2-15(23)3-7-17/h2-10H,11-13H2,1H3,(H,26,28). The summed E-state index contributed by atoms with van der Waals surface area (Å²) in [6, 6.07) is 13.9. The van der Waals surface area contributed by atoms with Crippen LogP contribution in [-0.4, -0.2) is 28.2 Å². The number of carbonyl (C=O) groups is 1. The minimum Gasteiger partial charge on any atom is -0.485 e. The molecule has 1 amide bonds. The maximum absolute atomic E-state index is 12.2. The van der Waals surface area contributed by atoms with E-state index in [-0.39, 0.29) is 19.1 Å². The smallest absolute Gasteiger partial charge is 0.258 e. The highest BCUT2D eigenvalue weighted by atomic mass is 35.5. The van der Waals surface area contributed by atoms with Crippen LogP contribution in [0.1, 0.15) is 25.1 Å². The number of carbonyl (C=O) groups excluding carboxylic acids is 1. The van der Waals surface area contributed by atoms with Gasteiger partial charge in [-0.2, -0.15) is 4.98 Å². The van der Waals surface area contributed by atoms with E-state index in [9.17, 15) is 4.79 Å². The Morgan fingerprint density at radius 1 is 1.06 bits per heavy atom. The molecule has 1 atom stereocenters. The fourth-order valence-electron chi connectivity index (χ4n) is 3.12. The summed E-state index contributed by atoms with van der Waals surface area (Å²) in [4.78, 5) is 16.6. The van der Waals surface area contributed by atoms with Crippen molar-refractivity contribution in [1.82, 2.24) is 15.5 Å². The van der Waals surface area contributed by atoms with Gasteiger partial charge in [0, 0.05) is 22.0 Å². The summed E-state index contributed by atoms with van der Waals surface area (Å²) >= 11 is 11.7. The van der Waals surface area contributed by atoms with Gasteiger partial charge in [0.15, 0.2) is 13.2 Å². The molecule has 0 saturated carbocycles. The maximum atomic E-state index is 12.2. The quantitative estimate of drug-likeness (QED) is 0.525. The van der Waals surface area contributed by atoms with Crippen molar-refractivity contribution in [3.63, 3.8) is 0 Å². The number of hydrogen-bond acceptors (Lipinski definition) is 6. The number of amides is 1. The van der Waals surface area contributed by atoms with E-state index in [0.29, 0.717) is 39.7 Å². The first-order valence-electron chi connectivity index (χ1n) is 9.51.